The van der Waals surface area contributed by atoms with Gasteiger partial charge in [-0.3, -0.25) is 0 Å². The van der Waals surface area contributed by atoms with E-state index in [0.29, 0.717) is 0 Å². The first kappa shape index (κ1) is 9.18. The quantitative estimate of drug-likeness (QED) is 0.732. The van der Waals surface area contributed by atoms with Crippen LogP contribution in [-0.2, 0) is 0 Å². The first-order chi connectivity index (χ1) is 6.72. The smallest absolute Gasteiger partial charge is 0.0712 e. The summed E-state index contributed by atoms with van der Waals surface area (Å²) < 4.78 is 1.76. The molecule has 0 bridgehead atoms. The Hall–Kier alpha value is -1.39. The molecule has 0 spiro atoms. The molecule has 0 fully saturated rings. The van der Waals surface area contributed by atoms with Gasteiger partial charge in [-0.25, -0.2) is 4.52 Å². The van der Waals surface area contributed by atoms with Crippen LogP contribution in [0.5, 0.6) is 0 Å². The number of nitrogens with zero attached hydrogens (tertiary/aromatic N) is 2. The SMILES string of the molecule is Cc1ccn2ncc(C(N)CO)c2c1. The molecule has 2 rings (SSSR count). The maximum atomic E-state index is 8.97. The molecule has 0 aliphatic heterocycles. The Morgan fingerprint density at radius 3 is 3.14 bits per heavy atom. The third-order valence-corrected chi connectivity index (χ3v) is 2.30. The Bertz CT molecular complexity index is 450. The van der Waals surface area contributed by atoms with Crippen LogP contribution in [0.15, 0.2) is 24.5 Å². The Balaban J connectivity index is 2.61. The maximum Gasteiger partial charge on any atom is 0.0712 e. The molecule has 4 heteroatoms. The number of aliphatic hydroxyl groups is 1. The summed E-state index contributed by atoms with van der Waals surface area (Å²) in [6.45, 7) is 1.95. The molecular weight excluding hydrogens is 178 g/mol. The number of pyridine rings is 1. The molecule has 3 N–H and O–H groups in total. The molecule has 2 aromatic heterocycles. The van der Waals surface area contributed by atoms with Gasteiger partial charge < -0.3 is 10.8 Å². The summed E-state index contributed by atoms with van der Waals surface area (Å²) in [6.07, 6.45) is 3.59. The van der Waals surface area contributed by atoms with Crippen molar-refractivity contribution < 1.29 is 5.11 Å². The van der Waals surface area contributed by atoms with Crippen molar-refractivity contribution in [2.75, 3.05) is 6.61 Å². The van der Waals surface area contributed by atoms with Gasteiger partial charge in [-0.2, -0.15) is 5.10 Å². The summed E-state index contributed by atoms with van der Waals surface area (Å²) in [6, 6.07) is 3.64. The van der Waals surface area contributed by atoms with E-state index in [4.69, 9.17) is 10.8 Å². The minimum atomic E-state index is -0.353. The molecule has 0 aliphatic rings. The van der Waals surface area contributed by atoms with E-state index in [1.165, 1.54) is 0 Å². The van der Waals surface area contributed by atoms with Gasteiger partial charge in [0.25, 0.3) is 0 Å². The molecule has 4 nitrogen and oxygen atoms in total. The molecule has 1 unspecified atom stereocenters. The maximum absolute atomic E-state index is 8.97. The zero-order valence-corrected chi connectivity index (χ0v) is 8.01. The van der Waals surface area contributed by atoms with E-state index in [2.05, 4.69) is 5.10 Å². The van der Waals surface area contributed by atoms with E-state index in [1.807, 2.05) is 25.3 Å². The third-order valence-electron chi connectivity index (χ3n) is 2.30. The van der Waals surface area contributed by atoms with E-state index >= 15 is 0 Å². The predicted molar refractivity (Wildman–Crippen MR) is 53.9 cm³/mol. The minimum Gasteiger partial charge on any atom is -0.394 e. The molecule has 0 aromatic carbocycles. The number of rotatable bonds is 2. The zero-order valence-electron chi connectivity index (χ0n) is 8.01. The lowest BCUT2D eigenvalue weighted by Crippen LogP contribution is -2.14. The average Bonchev–Trinajstić information content (AvgIpc) is 2.59. The molecule has 74 valence electrons. The van der Waals surface area contributed by atoms with Gasteiger partial charge in [0, 0.05) is 11.8 Å². The highest BCUT2D eigenvalue weighted by Crippen LogP contribution is 2.17. The van der Waals surface area contributed by atoms with Crippen molar-refractivity contribution in [2.45, 2.75) is 13.0 Å². The largest absolute Gasteiger partial charge is 0.394 e. The van der Waals surface area contributed by atoms with Gasteiger partial charge >= 0.3 is 0 Å². The van der Waals surface area contributed by atoms with Crippen LogP contribution in [0.4, 0.5) is 0 Å². The van der Waals surface area contributed by atoms with Crippen LogP contribution < -0.4 is 5.73 Å². The average molecular weight is 191 g/mol. The van der Waals surface area contributed by atoms with Crippen molar-refractivity contribution in [3.8, 4) is 0 Å². The number of aliphatic hydroxyl groups excluding tert-OH is 1. The lowest BCUT2D eigenvalue weighted by atomic mass is 10.1. The second-order valence-electron chi connectivity index (χ2n) is 3.42. The number of aryl methyl sites for hydroxylation is 1. The predicted octanol–water partition coefficient (Wildman–Crippen LogP) is 0.635. The molecule has 2 heterocycles. The highest BCUT2D eigenvalue weighted by Gasteiger charge is 2.10. The lowest BCUT2D eigenvalue weighted by Gasteiger charge is -2.05. The zero-order chi connectivity index (χ0) is 10.1. The summed E-state index contributed by atoms with van der Waals surface area (Å²) in [4.78, 5) is 0. The molecule has 0 radical (unpaired) electrons. The lowest BCUT2D eigenvalue weighted by molar-refractivity contribution is 0.268. The van der Waals surface area contributed by atoms with Gasteiger partial charge in [0.2, 0.25) is 0 Å². The van der Waals surface area contributed by atoms with Gasteiger partial charge in [0.05, 0.1) is 24.4 Å². The highest BCUT2D eigenvalue weighted by atomic mass is 16.3. The Kier molecular flexibility index (Phi) is 2.23. The molecule has 0 saturated carbocycles. The third kappa shape index (κ3) is 1.38. The molecule has 14 heavy (non-hydrogen) atoms. The van der Waals surface area contributed by atoms with E-state index in [1.54, 1.807) is 10.7 Å². The van der Waals surface area contributed by atoms with E-state index in [9.17, 15) is 0 Å². The summed E-state index contributed by atoms with van der Waals surface area (Å²) in [5.74, 6) is 0. The van der Waals surface area contributed by atoms with Crippen molar-refractivity contribution in [3.05, 3.63) is 35.7 Å². The monoisotopic (exact) mass is 191 g/mol. The molecule has 0 aliphatic carbocycles. The fourth-order valence-electron chi connectivity index (χ4n) is 1.49. The number of hydrogen-bond donors (Lipinski definition) is 2. The Morgan fingerprint density at radius 2 is 2.43 bits per heavy atom. The molecule has 0 saturated heterocycles. The first-order valence-corrected chi connectivity index (χ1v) is 4.52. The number of hydrogen-bond acceptors (Lipinski definition) is 3. The van der Waals surface area contributed by atoms with E-state index in [0.717, 1.165) is 16.6 Å². The van der Waals surface area contributed by atoms with Crippen LogP contribution in [0.25, 0.3) is 5.52 Å². The number of fused-ring (bicyclic) bond motifs is 1. The van der Waals surface area contributed by atoms with Crippen molar-refractivity contribution in [1.29, 1.82) is 0 Å². The normalized spacial score (nSPS) is 13.4. The van der Waals surface area contributed by atoms with Crippen LogP contribution in [-0.4, -0.2) is 21.3 Å². The van der Waals surface area contributed by atoms with E-state index in [-0.39, 0.29) is 12.6 Å². The van der Waals surface area contributed by atoms with Crippen LogP contribution in [0, 0.1) is 6.92 Å². The fourth-order valence-corrected chi connectivity index (χ4v) is 1.49. The van der Waals surface area contributed by atoms with Crippen molar-refractivity contribution >= 4 is 5.52 Å². The molecule has 0 amide bonds. The number of nitrogens with two attached hydrogens (primary N) is 1. The van der Waals surface area contributed by atoms with Gasteiger partial charge in [-0.05, 0) is 24.6 Å². The van der Waals surface area contributed by atoms with Crippen LogP contribution >= 0.6 is 0 Å². The fraction of sp³-hybridized carbons (Fsp3) is 0.300. The van der Waals surface area contributed by atoms with Gasteiger partial charge in [-0.1, -0.05) is 0 Å². The van der Waals surface area contributed by atoms with Crippen LogP contribution in [0.1, 0.15) is 17.2 Å². The minimum absolute atomic E-state index is 0.0602. The summed E-state index contributed by atoms with van der Waals surface area (Å²) >= 11 is 0. The second-order valence-corrected chi connectivity index (χ2v) is 3.42. The summed E-state index contributed by atoms with van der Waals surface area (Å²) in [7, 11) is 0. The summed E-state index contributed by atoms with van der Waals surface area (Å²) in [5, 5.41) is 13.1. The van der Waals surface area contributed by atoms with E-state index < -0.39 is 0 Å². The van der Waals surface area contributed by atoms with Gasteiger partial charge in [-0.15, -0.1) is 0 Å². The van der Waals surface area contributed by atoms with Gasteiger partial charge in [0.1, 0.15) is 0 Å². The Labute approximate surface area is 82.0 Å². The topological polar surface area (TPSA) is 63.5 Å². The van der Waals surface area contributed by atoms with Crippen LogP contribution in [0.2, 0.25) is 0 Å². The molecule has 1 atom stereocenters. The first-order valence-electron chi connectivity index (χ1n) is 4.52. The van der Waals surface area contributed by atoms with Crippen molar-refractivity contribution in [2.24, 2.45) is 5.73 Å². The number of aromatic nitrogens is 2. The molecule has 2 aromatic rings. The highest BCUT2D eigenvalue weighted by molar-refractivity contribution is 5.56. The molecular formula is C10H13N3O. The standard InChI is InChI=1S/C10H13N3O/c1-7-2-3-13-10(4-7)8(5-12-13)9(11)6-14/h2-5,9,14H,6,11H2,1H3. The van der Waals surface area contributed by atoms with Crippen molar-refractivity contribution in [1.82, 2.24) is 9.61 Å². The Morgan fingerprint density at radius 1 is 1.64 bits per heavy atom. The van der Waals surface area contributed by atoms with Crippen molar-refractivity contribution in [3.63, 3.8) is 0 Å². The van der Waals surface area contributed by atoms with Crippen LogP contribution in [0.3, 0.4) is 0 Å². The second kappa shape index (κ2) is 3.40. The van der Waals surface area contributed by atoms with Gasteiger partial charge in [0.15, 0.2) is 0 Å². The summed E-state index contributed by atoms with van der Waals surface area (Å²) in [5.41, 5.74) is 8.76.